The quantitative estimate of drug-likeness (QED) is 0.860. The summed E-state index contributed by atoms with van der Waals surface area (Å²) in [5.41, 5.74) is 1.64. The van der Waals surface area contributed by atoms with Gasteiger partial charge in [0.2, 0.25) is 11.8 Å². The zero-order valence-corrected chi connectivity index (χ0v) is 14.7. The first kappa shape index (κ1) is 16.1. The molecule has 0 bridgehead atoms. The molecule has 3 rings (SSSR count). The molecule has 0 aromatic heterocycles. The van der Waals surface area contributed by atoms with Crippen LogP contribution in [0.5, 0.6) is 0 Å². The van der Waals surface area contributed by atoms with Crippen molar-refractivity contribution in [3.63, 3.8) is 0 Å². The first-order valence-electron chi connectivity index (χ1n) is 7.21. The van der Waals surface area contributed by atoms with Crippen molar-refractivity contribution in [2.24, 2.45) is 0 Å². The Kier molecular flexibility index (Phi) is 5.03. The molecule has 0 aliphatic carbocycles. The maximum Gasteiger partial charge on any atom is 0.237 e. The van der Waals surface area contributed by atoms with Crippen LogP contribution in [0, 0.1) is 0 Å². The number of para-hydroxylation sites is 1. The number of rotatable bonds is 4. The Morgan fingerprint density at radius 3 is 2.70 bits per heavy atom. The number of amides is 2. The summed E-state index contributed by atoms with van der Waals surface area (Å²) < 4.78 is 0.962. The highest BCUT2D eigenvalue weighted by atomic mass is 79.9. The molecule has 23 heavy (non-hydrogen) atoms. The van der Waals surface area contributed by atoms with Crippen LogP contribution in [0.4, 0.5) is 11.4 Å². The molecule has 2 aromatic rings. The second kappa shape index (κ2) is 7.19. The molecule has 6 heteroatoms. The molecule has 2 amide bonds. The van der Waals surface area contributed by atoms with E-state index in [-0.39, 0.29) is 18.2 Å². The topological polar surface area (TPSA) is 49.4 Å². The Balaban J connectivity index is 1.62. The molecular formula is C17H15BrN2O2S. The zero-order valence-electron chi connectivity index (χ0n) is 12.3. The van der Waals surface area contributed by atoms with Gasteiger partial charge >= 0.3 is 0 Å². The van der Waals surface area contributed by atoms with Gasteiger partial charge in [0.25, 0.3) is 0 Å². The van der Waals surface area contributed by atoms with E-state index < -0.39 is 0 Å². The fourth-order valence-electron chi connectivity index (χ4n) is 2.37. The minimum absolute atomic E-state index is 0.0464. The maximum absolute atomic E-state index is 12.1. The molecule has 0 saturated carbocycles. The van der Waals surface area contributed by atoms with Gasteiger partial charge in [-0.15, -0.1) is 11.8 Å². The Bertz CT molecular complexity index is 734. The SMILES string of the molecule is O=C(CCN1C(=O)CSc2ccccc21)Nc1ccc(Br)cc1. The lowest BCUT2D eigenvalue weighted by Crippen LogP contribution is -2.37. The molecule has 0 saturated heterocycles. The molecule has 0 unspecified atom stereocenters. The van der Waals surface area contributed by atoms with Gasteiger partial charge in [-0.3, -0.25) is 9.59 Å². The summed E-state index contributed by atoms with van der Waals surface area (Å²) in [4.78, 5) is 27.0. The van der Waals surface area contributed by atoms with Crippen LogP contribution in [0.2, 0.25) is 0 Å². The third-order valence-electron chi connectivity index (χ3n) is 3.50. The van der Waals surface area contributed by atoms with E-state index in [2.05, 4.69) is 21.2 Å². The number of nitrogens with zero attached hydrogens (tertiary/aromatic N) is 1. The number of hydrogen-bond donors (Lipinski definition) is 1. The first-order valence-corrected chi connectivity index (χ1v) is 8.99. The Morgan fingerprint density at radius 2 is 1.91 bits per heavy atom. The zero-order chi connectivity index (χ0) is 16.2. The lowest BCUT2D eigenvalue weighted by molar-refractivity contribution is -0.117. The first-order chi connectivity index (χ1) is 11.1. The molecule has 0 spiro atoms. The van der Waals surface area contributed by atoms with Crippen molar-refractivity contribution in [1.29, 1.82) is 0 Å². The van der Waals surface area contributed by atoms with Crippen molar-refractivity contribution in [3.05, 3.63) is 53.0 Å². The summed E-state index contributed by atoms with van der Waals surface area (Å²) in [6.07, 6.45) is 0.265. The van der Waals surface area contributed by atoms with Crippen LogP contribution in [0.3, 0.4) is 0 Å². The number of benzene rings is 2. The molecule has 0 radical (unpaired) electrons. The predicted molar refractivity (Wildman–Crippen MR) is 96.9 cm³/mol. The summed E-state index contributed by atoms with van der Waals surface area (Å²) in [6, 6.07) is 15.2. The maximum atomic E-state index is 12.1. The van der Waals surface area contributed by atoms with Crippen LogP contribution < -0.4 is 10.2 Å². The van der Waals surface area contributed by atoms with Gasteiger partial charge in [-0.05, 0) is 36.4 Å². The highest BCUT2D eigenvalue weighted by Gasteiger charge is 2.24. The Morgan fingerprint density at radius 1 is 1.17 bits per heavy atom. The molecule has 4 nitrogen and oxygen atoms in total. The second-order valence-corrected chi connectivity index (χ2v) is 7.04. The van der Waals surface area contributed by atoms with Crippen molar-refractivity contribution in [2.75, 3.05) is 22.5 Å². The monoisotopic (exact) mass is 390 g/mol. The van der Waals surface area contributed by atoms with Crippen LogP contribution in [-0.4, -0.2) is 24.1 Å². The lowest BCUT2D eigenvalue weighted by atomic mass is 10.2. The van der Waals surface area contributed by atoms with E-state index in [9.17, 15) is 9.59 Å². The van der Waals surface area contributed by atoms with Gasteiger partial charge in [-0.25, -0.2) is 0 Å². The third-order valence-corrected chi connectivity index (χ3v) is 5.07. The van der Waals surface area contributed by atoms with Gasteiger partial charge in [0.15, 0.2) is 0 Å². The number of halogens is 1. The number of nitrogens with one attached hydrogen (secondary N) is 1. The van der Waals surface area contributed by atoms with Crippen LogP contribution in [0.15, 0.2) is 57.9 Å². The summed E-state index contributed by atoms with van der Waals surface area (Å²) in [5.74, 6) is 0.367. The molecule has 2 aromatic carbocycles. The van der Waals surface area contributed by atoms with E-state index >= 15 is 0 Å². The molecule has 0 fully saturated rings. The van der Waals surface area contributed by atoms with Gasteiger partial charge in [-0.1, -0.05) is 28.1 Å². The molecule has 1 aliphatic heterocycles. The summed E-state index contributed by atoms with van der Waals surface area (Å²) in [5, 5.41) is 2.84. The van der Waals surface area contributed by atoms with Crippen LogP contribution >= 0.6 is 27.7 Å². The number of thioether (sulfide) groups is 1. The molecule has 1 heterocycles. The summed E-state index contributed by atoms with van der Waals surface area (Å²) >= 11 is 4.90. The van der Waals surface area contributed by atoms with E-state index in [1.807, 2.05) is 48.5 Å². The molecular weight excluding hydrogens is 376 g/mol. The number of hydrogen-bond acceptors (Lipinski definition) is 3. The van der Waals surface area contributed by atoms with E-state index in [0.717, 1.165) is 20.7 Å². The summed E-state index contributed by atoms with van der Waals surface area (Å²) in [7, 11) is 0. The molecule has 1 aliphatic rings. The second-order valence-electron chi connectivity index (χ2n) is 5.11. The van der Waals surface area contributed by atoms with Crippen molar-refractivity contribution < 1.29 is 9.59 Å². The highest BCUT2D eigenvalue weighted by molar-refractivity contribution is 9.10. The van der Waals surface area contributed by atoms with Crippen LogP contribution in [0.25, 0.3) is 0 Å². The van der Waals surface area contributed by atoms with Crippen molar-refractivity contribution in [1.82, 2.24) is 0 Å². The molecule has 0 atom stereocenters. The third kappa shape index (κ3) is 3.95. The standard InChI is InChI=1S/C17H15BrN2O2S/c18-12-5-7-13(8-6-12)19-16(21)9-10-20-14-3-1-2-4-15(14)23-11-17(20)22/h1-8H,9-11H2,(H,19,21). The van der Waals surface area contributed by atoms with E-state index in [0.29, 0.717) is 12.3 Å². The number of fused-ring (bicyclic) bond motifs is 1. The Hall–Kier alpha value is -1.79. The molecule has 1 N–H and O–H groups in total. The van der Waals surface area contributed by atoms with Gasteiger partial charge in [0.1, 0.15) is 0 Å². The highest BCUT2D eigenvalue weighted by Crippen LogP contribution is 2.34. The van der Waals surface area contributed by atoms with Crippen LogP contribution in [-0.2, 0) is 9.59 Å². The smallest absolute Gasteiger partial charge is 0.237 e. The van der Waals surface area contributed by atoms with Crippen molar-refractivity contribution >= 4 is 50.9 Å². The van der Waals surface area contributed by atoms with E-state index in [4.69, 9.17) is 0 Å². The van der Waals surface area contributed by atoms with Crippen LogP contribution in [0.1, 0.15) is 6.42 Å². The van der Waals surface area contributed by atoms with Crippen molar-refractivity contribution in [2.45, 2.75) is 11.3 Å². The average molecular weight is 391 g/mol. The molecule has 118 valence electrons. The van der Waals surface area contributed by atoms with Gasteiger partial charge in [-0.2, -0.15) is 0 Å². The normalized spacial score (nSPS) is 13.6. The average Bonchev–Trinajstić information content (AvgIpc) is 2.56. The number of carbonyl (C=O) groups excluding carboxylic acids is 2. The number of anilines is 2. The van der Waals surface area contributed by atoms with Gasteiger partial charge in [0, 0.05) is 28.0 Å². The van der Waals surface area contributed by atoms with Gasteiger partial charge < -0.3 is 10.2 Å². The summed E-state index contributed by atoms with van der Waals surface area (Å²) in [6.45, 7) is 0.388. The fraction of sp³-hybridized carbons (Fsp3) is 0.176. The fourth-order valence-corrected chi connectivity index (χ4v) is 3.57. The Labute approximate surface area is 147 Å². The van der Waals surface area contributed by atoms with Gasteiger partial charge in [0.05, 0.1) is 11.4 Å². The van der Waals surface area contributed by atoms with E-state index in [1.165, 1.54) is 0 Å². The largest absolute Gasteiger partial charge is 0.326 e. The predicted octanol–water partition coefficient (Wildman–Crippen LogP) is 3.92. The lowest BCUT2D eigenvalue weighted by Gasteiger charge is -2.28. The number of carbonyl (C=O) groups is 2. The van der Waals surface area contributed by atoms with Crippen molar-refractivity contribution in [3.8, 4) is 0 Å². The minimum atomic E-state index is -0.101. The van der Waals surface area contributed by atoms with E-state index in [1.54, 1.807) is 16.7 Å². The minimum Gasteiger partial charge on any atom is -0.326 e.